The molecule has 4 aromatic rings. The predicted molar refractivity (Wildman–Crippen MR) is 130 cm³/mol. The second-order valence-electron chi connectivity index (χ2n) is 7.84. The lowest BCUT2D eigenvalue weighted by Gasteiger charge is -2.16. The Kier molecular flexibility index (Phi) is 7.22. The second kappa shape index (κ2) is 10.5. The minimum atomic E-state index is -0.190. The summed E-state index contributed by atoms with van der Waals surface area (Å²) in [6.07, 6.45) is 2.94. The van der Waals surface area contributed by atoms with E-state index in [9.17, 15) is 4.79 Å². The van der Waals surface area contributed by atoms with Crippen LogP contribution in [0, 0.1) is 0 Å². The van der Waals surface area contributed by atoms with Crippen LogP contribution in [0.2, 0.25) is 0 Å². The molecule has 1 atom stereocenters. The first-order chi connectivity index (χ1) is 15.7. The summed E-state index contributed by atoms with van der Waals surface area (Å²) in [5.41, 5.74) is 3.36. The number of nitrogens with one attached hydrogen (secondary N) is 1. The summed E-state index contributed by atoms with van der Waals surface area (Å²) < 4.78 is 8.13. The van der Waals surface area contributed by atoms with Crippen molar-refractivity contribution in [3.05, 3.63) is 82.3 Å². The van der Waals surface area contributed by atoms with Crippen molar-refractivity contribution < 1.29 is 9.53 Å². The van der Waals surface area contributed by atoms with E-state index >= 15 is 0 Å². The third kappa shape index (κ3) is 5.19. The van der Waals surface area contributed by atoms with Gasteiger partial charge in [0, 0.05) is 6.54 Å². The molecule has 1 N–H and O–H groups in total. The Morgan fingerprint density at radius 2 is 1.91 bits per heavy atom. The highest BCUT2D eigenvalue weighted by molar-refractivity contribution is 7.12. The topological polar surface area (TPSA) is 56.1 Å². The maximum Gasteiger partial charge on any atom is 0.261 e. The fourth-order valence-corrected chi connectivity index (χ4v) is 4.41. The van der Waals surface area contributed by atoms with Crippen molar-refractivity contribution in [2.24, 2.45) is 0 Å². The van der Waals surface area contributed by atoms with Crippen LogP contribution < -0.4 is 10.1 Å². The Bertz CT molecular complexity index is 1150. The Hall–Kier alpha value is -3.12. The molecule has 0 saturated heterocycles. The van der Waals surface area contributed by atoms with Crippen molar-refractivity contribution in [1.82, 2.24) is 14.9 Å². The van der Waals surface area contributed by atoms with Gasteiger partial charge >= 0.3 is 0 Å². The van der Waals surface area contributed by atoms with E-state index in [0.717, 1.165) is 48.4 Å². The molecule has 166 valence electrons. The van der Waals surface area contributed by atoms with Crippen LogP contribution in [0.15, 0.2) is 66.0 Å². The quantitative estimate of drug-likeness (QED) is 0.303. The number of imidazole rings is 1. The average Bonchev–Trinajstić information content (AvgIpc) is 3.48. The number of hydrogen-bond acceptors (Lipinski definition) is 4. The smallest absolute Gasteiger partial charge is 0.261 e. The normalized spacial score (nSPS) is 12.1. The molecule has 0 aliphatic rings. The molecule has 2 heterocycles. The zero-order valence-corrected chi connectivity index (χ0v) is 19.4. The number of amides is 1. The number of hydrogen-bond donors (Lipinski definition) is 1. The molecule has 0 saturated carbocycles. The van der Waals surface area contributed by atoms with Gasteiger partial charge in [-0.25, -0.2) is 4.98 Å². The van der Waals surface area contributed by atoms with Crippen LogP contribution in [0.3, 0.4) is 0 Å². The number of unbranched alkanes of at least 4 members (excludes halogenated alkanes) is 1. The molecule has 0 aliphatic carbocycles. The lowest BCUT2D eigenvalue weighted by molar-refractivity contribution is 0.0941. The van der Waals surface area contributed by atoms with Crippen LogP contribution in [0.1, 0.15) is 53.8 Å². The predicted octanol–water partition coefficient (Wildman–Crippen LogP) is 6.01. The number of ether oxygens (including phenoxy) is 1. The largest absolute Gasteiger partial charge is 0.494 e. The third-order valence-electron chi connectivity index (χ3n) is 5.54. The molecule has 1 amide bonds. The summed E-state index contributed by atoms with van der Waals surface area (Å²) in [4.78, 5) is 18.1. The summed E-state index contributed by atoms with van der Waals surface area (Å²) in [6, 6.07) is 20.0. The molecule has 1 unspecified atom stereocenters. The van der Waals surface area contributed by atoms with Crippen LogP contribution >= 0.6 is 11.3 Å². The number of thiophene rings is 1. The molecular formula is C26H29N3O2S. The van der Waals surface area contributed by atoms with E-state index in [-0.39, 0.29) is 11.9 Å². The summed E-state index contributed by atoms with van der Waals surface area (Å²) in [7, 11) is 0. The van der Waals surface area contributed by atoms with Gasteiger partial charge in [0.1, 0.15) is 11.6 Å². The van der Waals surface area contributed by atoms with Gasteiger partial charge in [-0.3, -0.25) is 4.79 Å². The van der Waals surface area contributed by atoms with Gasteiger partial charge in [-0.05, 0) is 67.5 Å². The number of para-hydroxylation sites is 2. The van der Waals surface area contributed by atoms with Crippen molar-refractivity contribution >= 4 is 28.3 Å². The van der Waals surface area contributed by atoms with Crippen LogP contribution in [-0.2, 0) is 13.0 Å². The van der Waals surface area contributed by atoms with Gasteiger partial charge in [0.25, 0.3) is 5.91 Å². The van der Waals surface area contributed by atoms with Crippen LogP contribution in [0.5, 0.6) is 5.75 Å². The van der Waals surface area contributed by atoms with Gasteiger partial charge in [0.2, 0.25) is 0 Å². The number of benzene rings is 2. The first-order valence-corrected chi connectivity index (χ1v) is 12.0. The molecule has 2 aromatic carbocycles. The maximum absolute atomic E-state index is 12.5. The summed E-state index contributed by atoms with van der Waals surface area (Å²) in [5.74, 6) is 1.74. The lowest BCUT2D eigenvalue weighted by atomic mass is 10.2. The molecule has 0 aliphatic heterocycles. The highest BCUT2D eigenvalue weighted by atomic mass is 32.1. The van der Waals surface area contributed by atoms with Crippen LogP contribution in [0.25, 0.3) is 11.0 Å². The zero-order valence-electron chi connectivity index (χ0n) is 18.6. The Morgan fingerprint density at radius 1 is 1.09 bits per heavy atom. The SMILES string of the molecule is CCc1ccc(OCCCCn2c(C(C)NC(=O)c3cccs3)nc3ccccc32)cc1. The van der Waals surface area contributed by atoms with Crippen molar-refractivity contribution in [1.29, 1.82) is 0 Å². The molecule has 0 radical (unpaired) electrons. The van der Waals surface area contributed by atoms with E-state index in [2.05, 4.69) is 35.0 Å². The van der Waals surface area contributed by atoms with Gasteiger partial charge in [-0.15, -0.1) is 11.3 Å². The second-order valence-corrected chi connectivity index (χ2v) is 8.78. The Balaban J connectivity index is 1.39. The van der Waals surface area contributed by atoms with Crippen LogP contribution in [-0.4, -0.2) is 22.1 Å². The average molecular weight is 448 g/mol. The first kappa shape index (κ1) is 22.1. The number of rotatable bonds is 10. The Morgan fingerprint density at radius 3 is 2.66 bits per heavy atom. The number of carbonyl (C=O) groups excluding carboxylic acids is 1. The number of nitrogens with zero attached hydrogens (tertiary/aromatic N) is 2. The van der Waals surface area contributed by atoms with Gasteiger partial charge in [0.15, 0.2) is 0 Å². The van der Waals surface area contributed by atoms with Crippen molar-refractivity contribution in [3.63, 3.8) is 0 Å². The lowest BCUT2D eigenvalue weighted by Crippen LogP contribution is -2.28. The number of aromatic nitrogens is 2. The number of fused-ring (bicyclic) bond motifs is 1. The van der Waals surface area contributed by atoms with E-state index in [1.54, 1.807) is 0 Å². The molecular weight excluding hydrogens is 418 g/mol. The molecule has 2 aromatic heterocycles. The molecule has 0 bridgehead atoms. The van der Waals surface area contributed by atoms with Crippen molar-refractivity contribution in [2.75, 3.05) is 6.61 Å². The van der Waals surface area contributed by atoms with Gasteiger partial charge in [-0.2, -0.15) is 0 Å². The fourth-order valence-electron chi connectivity index (χ4n) is 3.78. The minimum Gasteiger partial charge on any atom is -0.494 e. The highest BCUT2D eigenvalue weighted by Gasteiger charge is 2.19. The van der Waals surface area contributed by atoms with Crippen LogP contribution in [0.4, 0.5) is 0 Å². The zero-order chi connectivity index (χ0) is 22.3. The van der Waals surface area contributed by atoms with E-state index in [1.165, 1.54) is 16.9 Å². The summed E-state index contributed by atoms with van der Waals surface area (Å²) in [6.45, 7) is 5.65. The molecule has 0 fully saturated rings. The fraction of sp³-hybridized carbons (Fsp3) is 0.308. The van der Waals surface area contributed by atoms with Gasteiger partial charge < -0.3 is 14.6 Å². The van der Waals surface area contributed by atoms with Crippen molar-refractivity contribution in [3.8, 4) is 5.75 Å². The highest BCUT2D eigenvalue weighted by Crippen LogP contribution is 2.22. The minimum absolute atomic E-state index is 0.0615. The molecule has 0 spiro atoms. The number of aryl methyl sites for hydroxylation is 2. The first-order valence-electron chi connectivity index (χ1n) is 11.2. The summed E-state index contributed by atoms with van der Waals surface area (Å²) in [5, 5.41) is 5.01. The number of carbonyl (C=O) groups is 1. The Labute approximate surface area is 193 Å². The third-order valence-corrected chi connectivity index (χ3v) is 6.41. The maximum atomic E-state index is 12.5. The standard InChI is InChI=1S/C26H29N3O2S/c1-3-20-12-14-21(15-13-20)31-17-7-6-16-29-23-10-5-4-9-22(23)28-25(29)19(2)27-26(30)24-11-8-18-32-24/h4-5,8-15,18-19H,3,6-7,16-17H2,1-2H3,(H,27,30). The molecule has 32 heavy (non-hydrogen) atoms. The van der Waals surface area contributed by atoms with E-state index < -0.39 is 0 Å². The van der Waals surface area contributed by atoms with Gasteiger partial charge in [-0.1, -0.05) is 37.3 Å². The van der Waals surface area contributed by atoms with Crippen molar-refractivity contribution in [2.45, 2.75) is 45.7 Å². The van der Waals surface area contributed by atoms with Gasteiger partial charge in [0.05, 0.1) is 28.6 Å². The monoisotopic (exact) mass is 447 g/mol. The molecule has 6 heteroatoms. The molecule has 4 rings (SSSR count). The van der Waals surface area contributed by atoms with E-state index in [1.807, 2.05) is 54.8 Å². The van der Waals surface area contributed by atoms with E-state index in [0.29, 0.717) is 11.5 Å². The molecule has 5 nitrogen and oxygen atoms in total. The van der Waals surface area contributed by atoms with E-state index in [4.69, 9.17) is 9.72 Å². The summed E-state index contributed by atoms with van der Waals surface area (Å²) >= 11 is 1.44.